The minimum atomic E-state index is -0.346. The third-order valence-electron chi connectivity index (χ3n) is 4.71. The fourth-order valence-corrected chi connectivity index (χ4v) is 3.78. The van der Waals surface area contributed by atoms with Crippen LogP contribution in [0.4, 0.5) is 5.69 Å². The maximum absolute atomic E-state index is 12.6. The number of hydrogen-bond donors (Lipinski definition) is 2. The first-order valence-electron chi connectivity index (χ1n) is 9.72. The standard InChI is InChI=1S/C22H25N5O3S/c1-14-9-5-6-10-16(14)21(29)23-15(2)20-25-26-22(27(20)3)31-13-19(28)24-17-11-7-8-12-18(17)30-4/h5-12,15H,13H2,1-4H3,(H,23,29)(H,24,28)/t15-/m0/s1. The molecule has 0 aliphatic heterocycles. The summed E-state index contributed by atoms with van der Waals surface area (Å²) in [5, 5.41) is 14.7. The predicted molar refractivity (Wildman–Crippen MR) is 120 cm³/mol. The van der Waals surface area contributed by atoms with E-state index in [0.29, 0.717) is 28.0 Å². The van der Waals surface area contributed by atoms with Crippen molar-refractivity contribution in [1.82, 2.24) is 20.1 Å². The number of thioether (sulfide) groups is 1. The third-order valence-corrected chi connectivity index (χ3v) is 5.73. The Morgan fingerprint density at radius 1 is 1.13 bits per heavy atom. The zero-order valence-corrected chi connectivity index (χ0v) is 18.7. The summed E-state index contributed by atoms with van der Waals surface area (Å²) in [6, 6.07) is 14.3. The van der Waals surface area contributed by atoms with E-state index < -0.39 is 0 Å². The number of aryl methyl sites for hydroxylation is 1. The molecule has 0 radical (unpaired) electrons. The van der Waals surface area contributed by atoms with Gasteiger partial charge in [0.1, 0.15) is 5.75 Å². The molecule has 0 bridgehead atoms. The van der Waals surface area contributed by atoms with Crippen molar-refractivity contribution in [1.29, 1.82) is 0 Å². The summed E-state index contributed by atoms with van der Waals surface area (Å²) in [5.74, 6) is 1.02. The number of nitrogens with zero attached hydrogens (tertiary/aromatic N) is 3. The van der Waals surface area contributed by atoms with Crippen LogP contribution in [0.2, 0.25) is 0 Å². The molecule has 1 atom stereocenters. The SMILES string of the molecule is COc1ccccc1NC(=O)CSc1nnc([C@H](C)NC(=O)c2ccccc2C)n1C. The maximum atomic E-state index is 12.6. The van der Waals surface area contributed by atoms with Crippen molar-refractivity contribution < 1.29 is 14.3 Å². The van der Waals surface area contributed by atoms with Gasteiger partial charge in [0, 0.05) is 12.6 Å². The monoisotopic (exact) mass is 439 g/mol. The largest absolute Gasteiger partial charge is 0.495 e. The molecule has 0 spiro atoms. The number of ether oxygens (including phenoxy) is 1. The van der Waals surface area contributed by atoms with Gasteiger partial charge in [0.2, 0.25) is 5.91 Å². The summed E-state index contributed by atoms with van der Waals surface area (Å²) in [5.41, 5.74) is 2.14. The first-order valence-corrected chi connectivity index (χ1v) is 10.7. The third kappa shape index (κ3) is 5.43. The van der Waals surface area contributed by atoms with E-state index in [1.54, 1.807) is 29.9 Å². The first kappa shape index (κ1) is 22.4. The van der Waals surface area contributed by atoms with E-state index in [1.807, 2.05) is 51.2 Å². The van der Waals surface area contributed by atoms with Crippen LogP contribution in [0.25, 0.3) is 0 Å². The van der Waals surface area contributed by atoms with Gasteiger partial charge < -0.3 is 19.9 Å². The van der Waals surface area contributed by atoms with Crippen LogP contribution in [-0.4, -0.2) is 39.4 Å². The van der Waals surface area contributed by atoms with E-state index in [4.69, 9.17) is 4.74 Å². The number of methoxy groups -OCH3 is 1. The van der Waals surface area contributed by atoms with Crippen molar-refractivity contribution in [2.75, 3.05) is 18.2 Å². The van der Waals surface area contributed by atoms with E-state index in [0.717, 1.165) is 5.56 Å². The van der Waals surface area contributed by atoms with Crippen molar-refractivity contribution in [2.45, 2.75) is 25.0 Å². The normalized spacial score (nSPS) is 11.6. The van der Waals surface area contributed by atoms with Crippen LogP contribution in [0.15, 0.2) is 53.7 Å². The van der Waals surface area contributed by atoms with E-state index in [2.05, 4.69) is 20.8 Å². The molecule has 2 aromatic carbocycles. The molecule has 8 nitrogen and oxygen atoms in total. The molecule has 1 aromatic heterocycles. The Kier molecular flexibility index (Phi) is 7.30. The van der Waals surface area contributed by atoms with Gasteiger partial charge in [0.25, 0.3) is 5.91 Å². The van der Waals surface area contributed by atoms with E-state index in [1.165, 1.54) is 11.8 Å². The molecule has 0 saturated carbocycles. The number of benzene rings is 2. The summed E-state index contributed by atoms with van der Waals surface area (Å²) in [6.07, 6.45) is 0. The molecule has 1 heterocycles. The summed E-state index contributed by atoms with van der Waals surface area (Å²) in [6.45, 7) is 3.75. The Morgan fingerprint density at radius 2 is 1.84 bits per heavy atom. The molecule has 0 aliphatic rings. The van der Waals surface area contributed by atoms with E-state index in [9.17, 15) is 9.59 Å². The summed E-state index contributed by atoms with van der Waals surface area (Å²) < 4.78 is 7.03. The average molecular weight is 440 g/mol. The van der Waals surface area contributed by atoms with Crippen LogP contribution in [0.3, 0.4) is 0 Å². The Hall–Kier alpha value is -3.33. The molecule has 0 aliphatic carbocycles. The lowest BCUT2D eigenvalue weighted by molar-refractivity contribution is -0.113. The number of carbonyl (C=O) groups excluding carboxylic acids is 2. The Labute approximate surface area is 185 Å². The number of nitrogens with one attached hydrogen (secondary N) is 2. The number of carbonyl (C=O) groups is 2. The van der Waals surface area contributed by atoms with Gasteiger partial charge in [0.05, 0.1) is 24.6 Å². The molecular weight excluding hydrogens is 414 g/mol. The predicted octanol–water partition coefficient (Wildman–Crippen LogP) is 3.35. The smallest absolute Gasteiger partial charge is 0.252 e. The number of aromatic nitrogens is 3. The van der Waals surface area contributed by atoms with Crippen molar-refractivity contribution in [3.8, 4) is 5.75 Å². The zero-order chi connectivity index (χ0) is 22.4. The lowest BCUT2D eigenvalue weighted by atomic mass is 10.1. The van der Waals surface area contributed by atoms with Gasteiger partial charge in [-0.1, -0.05) is 42.1 Å². The van der Waals surface area contributed by atoms with Crippen molar-refractivity contribution in [2.24, 2.45) is 7.05 Å². The van der Waals surface area contributed by atoms with Crippen molar-refractivity contribution in [3.05, 3.63) is 65.5 Å². The molecule has 31 heavy (non-hydrogen) atoms. The zero-order valence-electron chi connectivity index (χ0n) is 17.9. The number of anilines is 1. The highest BCUT2D eigenvalue weighted by atomic mass is 32.2. The fourth-order valence-electron chi connectivity index (χ4n) is 3.06. The van der Waals surface area contributed by atoms with Crippen LogP contribution >= 0.6 is 11.8 Å². The van der Waals surface area contributed by atoms with E-state index in [-0.39, 0.29) is 23.6 Å². The number of amides is 2. The highest BCUT2D eigenvalue weighted by Gasteiger charge is 2.19. The van der Waals surface area contributed by atoms with Gasteiger partial charge in [-0.3, -0.25) is 9.59 Å². The summed E-state index contributed by atoms with van der Waals surface area (Å²) >= 11 is 1.27. The average Bonchev–Trinajstić information content (AvgIpc) is 3.13. The number of para-hydroxylation sites is 2. The van der Waals surface area contributed by atoms with Gasteiger partial charge >= 0.3 is 0 Å². The molecular formula is C22H25N5O3S. The molecule has 0 unspecified atom stereocenters. The van der Waals surface area contributed by atoms with E-state index >= 15 is 0 Å². The molecule has 2 amide bonds. The quantitative estimate of drug-likeness (QED) is 0.523. The molecule has 2 N–H and O–H groups in total. The minimum absolute atomic E-state index is 0.161. The maximum Gasteiger partial charge on any atom is 0.252 e. The second-order valence-electron chi connectivity index (χ2n) is 6.95. The van der Waals surface area contributed by atoms with Gasteiger partial charge in [-0.05, 0) is 37.6 Å². The second-order valence-corrected chi connectivity index (χ2v) is 7.89. The summed E-state index contributed by atoms with van der Waals surface area (Å²) in [7, 11) is 3.37. The Morgan fingerprint density at radius 3 is 2.58 bits per heavy atom. The summed E-state index contributed by atoms with van der Waals surface area (Å²) in [4.78, 5) is 24.9. The lowest BCUT2D eigenvalue weighted by Crippen LogP contribution is -2.29. The molecule has 162 valence electrons. The second kappa shape index (κ2) is 10.1. The molecule has 0 fully saturated rings. The first-order chi connectivity index (χ1) is 14.9. The van der Waals surface area contributed by atoms with Crippen LogP contribution < -0.4 is 15.4 Å². The van der Waals surface area contributed by atoms with Crippen molar-refractivity contribution >= 4 is 29.3 Å². The molecule has 3 rings (SSSR count). The Balaban J connectivity index is 1.60. The van der Waals surface area contributed by atoms with Gasteiger partial charge in [-0.15, -0.1) is 10.2 Å². The molecule has 3 aromatic rings. The van der Waals surface area contributed by atoms with Crippen LogP contribution in [0, 0.1) is 6.92 Å². The van der Waals surface area contributed by atoms with Crippen LogP contribution in [0.5, 0.6) is 5.75 Å². The molecule has 0 saturated heterocycles. The number of rotatable bonds is 8. The minimum Gasteiger partial charge on any atom is -0.495 e. The van der Waals surface area contributed by atoms with Gasteiger partial charge in [0.15, 0.2) is 11.0 Å². The van der Waals surface area contributed by atoms with Crippen LogP contribution in [0.1, 0.15) is 34.7 Å². The van der Waals surface area contributed by atoms with Gasteiger partial charge in [-0.25, -0.2) is 0 Å². The fraction of sp³-hybridized carbons (Fsp3) is 0.273. The van der Waals surface area contributed by atoms with Crippen molar-refractivity contribution in [3.63, 3.8) is 0 Å². The Bertz CT molecular complexity index is 1080. The van der Waals surface area contributed by atoms with Crippen LogP contribution in [-0.2, 0) is 11.8 Å². The highest BCUT2D eigenvalue weighted by molar-refractivity contribution is 7.99. The highest BCUT2D eigenvalue weighted by Crippen LogP contribution is 2.24. The lowest BCUT2D eigenvalue weighted by Gasteiger charge is -2.14. The number of hydrogen-bond acceptors (Lipinski definition) is 6. The van der Waals surface area contributed by atoms with Gasteiger partial charge in [-0.2, -0.15) is 0 Å². The topological polar surface area (TPSA) is 98.1 Å². The molecule has 9 heteroatoms.